The molecule has 0 saturated carbocycles. The molecule has 0 saturated heterocycles. The maximum atomic E-state index is 11.2. The van der Waals surface area contributed by atoms with Gasteiger partial charge < -0.3 is 29.8 Å². The first kappa shape index (κ1) is 16.2. The minimum Gasteiger partial charge on any atom is -0.381 e. The van der Waals surface area contributed by atoms with E-state index in [1.807, 2.05) is 0 Å². The second-order valence-electron chi connectivity index (χ2n) is 3.04. The highest BCUT2D eigenvalue weighted by atomic mass is 31.2. The molecule has 0 aliphatic heterocycles. The highest BCUT2D eigenvalue weighted by Crippen LogP contribution is 2.71. The van der Waals surface area contributed by atoms with Gasteiger partial charge in [-0.3, -0.25) is 9.13 Å². The Morgan fingerprint density at radius 2 is 1.31 bits per heavy atom. The van der Waals surface area contributed by atoms with E-state index in [9.17, 15) is 9.13 Å². The first-order chi connectivity index (χ1) is 7.08. The molecule has 0 heterocycles. The van der Waals surface area contributed by atoms with E-state index < -0.39 is 40.1 Å². The Hall–Kier alpha value is 0.180. The molecule has 0 spiro atoms. The molecule has 0 atom stereocenters. The van der Waals surface area contributed by atoms with Gasteiger partial charge in [-0.2, -0.15) is 0 Å². The highest BCUT2D eigenvalue weighted by molar-refractivity contribution is 7.72. The number of hydrogen-bond acceptors (Lipinski definition) is 5. The van der Waals surface area contributed by atoms with Gasteiger partial charge in [0.15, 0.2) is 0 Å². The number of aliphatic hydroxyl groups is 2. The van der Waals surface area contributed by atoms with Crippen LogP contribution in [-0.2, 0) is 9.13 Å². The molecule has 0 rings (SSSR count). The van der Waals surface area contributed by atoms with Gasteiger partial charge in [0.25, 0.3) is 0 Å². The minimum atomic E-state index is -5.27. The van der Waals surface area contributed by atoms with Crippen molar-refractivity contribution in [2.75, 3.05) is 13.5 Å². The van der Waals surface area contributed by atoms with E-state index in [1.165, 1.54) is 0 Å². The SMILES string of the molecule is CCC(N(CO)CO)(P(=O)(O)O)P(=O)(O)O. The number of rotatable bonds is 6. The van der Waals surface area contributed by atoms with Crippen molar-refractivity contribution in [1.82, 2.24) is 4.90 Å². The molecular weight excluding hydrogens is 264 g/mol. The lowest BCUT2D eigenvalue weighted by atomic mass is 10.4. The van der Waals surface area contributed by atoms with Crippen LogP contribution in [0.3, 0.4) is 0 Å². The second kappa shape index (κ2) is 5.22. The van der Waals surface area contributed by atoms with Crippen LogP contribution in [0.15, 0.2) is 0 Å². The molecular formula is C5H15NO8P2. The summed E-state index contributed by atoms with van der Waals surface area (Å²) in [6.45, 7) is -1.06. The molecule has 9 nitrogen and oxygen atoms in total. The molecule has 0 fully saturated rings. The van der Waals surface area contributed by atoms with E-state index in [0.717, 1.165) is 6.92 Å². The molecule has 16 heavy (non-hydrogen) atoms. The molecule has 11 heteroatoms. The number of nitrogens with zero attached hydrogens (tertiary/aromatic N) is 1. The first-order valence-corrected chi connectivity index (χ1v) is 7.39. The summed E-state index contributed by atoms with van der Waals surface area (Å²) < 4.78 is 22.5. The molecule has 0 aromatic heterocycles. The molecule has 0 bridgehead atoms. The van der Waals surface area contributed by atoms with Gasteiger partial charge in [0.05, 0.1) is 13.5 Å². The Balaban J connectivity index is 5.86. The smallest absolute Gasteiger partial charge is 0.358 e. The summed E-state index contributed by atoms with van der Waals surface area (Å²) in [4.78, 5) is 36.4. The molecule has 0 unspecified atom stereocenters. The van der Waals surface area contributed by atoms with E-state index >= 15 is 0 Å². The third kappa shape index (κ3) is 2.53. The van der Waals surface area contributed by atoms with Gasteiger partial charge in [-0.25, -0.2) is 4.90 Å². The van der Waals surface area contributed by atoms with Gasteiger partial charge >= 0.3 is 15.2 Å². The van der Waals surface area contributed by atoms with E-state index in [-0.39, 0.29) is 4.90 Å². The molecule has 0 aliphatic carbocycles. The van der Waals surface area contributed by atoms with Crippen LogP contribution in [0.2, 0.25) is 0 Å². The topological polar surface area (TPSA) is 159 Å². The van der Waals surface area contributed by atoms with Gasteiger partial charge in [-0.1, -0.05) is 6.92 Å². The van der Waals surface area contributed by atoms with Crippen molar-refractivity contribution >= 4 is 15.2 Å². The van der Waals surface area contributed by atoms with Crippen molar-refractivity contribution < 1.29 is 38.9 Å². The van der Waals surface area contributed by atoms with E-state index in [0.29, 0.717) is 0 Å². The molecule has 98 valence electrons. The Kier molecular flexibility index (Phi) is 5.28. The molecule has 0 radical (unpaired) electrons. The Bertz CT molecular complexity index is 294. The number of aliphatic hydroxyl groups excluding tert-OH is 2. The standard InChI is InChI=1S/C5H15NO8P2/c1-2-5(15(9,10)11,16(12,13)14)6(3-7)4-8/h7-8H,2-4H2,1H3,(H2,9,10,11)(H2,12,13,14). The lowest BCUT2D eigenvalue weighted by Crippen LogP contribution is -2.48. The maximum Gasteiger partial charge on any atom is 0.358 e. The van der Waals surface area contributed by atoms with Gasteiger partial charge in [0.2, 0.25) is 5.02 Å². The monoisotopic (exact) mass is 279 g/mol. The van der Waals surface area contributed by atoms with Crippen LogP contribution in [0.4, 0.5) is 0 Å². The fraction of sp³-hybridized carbons (Fsp3) is 1.00. The largest absolute Gasteiger partial charge is 0.381 e. The third-order valence-corrected chi connectivity index (χ3v) is 6.88. The summed E-state index contributed by atoms with van der Waals surface area (Å²) in [6.07, 6.45) is -0.636. The van der Waals surface area contributed by atoms with Crippen LogP contribution in [0.25, 0.3) is 0 Å². The van der Waals surface area contributed by atoms with Crippen molar-refractivity contribution in [3.63, 3.8) is 0 Å². The summed E-state index contributed by atoms with van der Waals surface area (Å²) in [5.41, 5.74) is 0. The minimum absolute atomic E-state index is 0.245. The van der Waals surface area contributed by atoms with Crippen molar-refractivity contribution in [2.45, 2.75) is 18.4 Å². The molecule has 0 aromatic carbocycles. The average Bonchev–Trinajstić information content (AvgIpc) is 2.09. The van der Waals surface area contributed by atoms with Crippen LogP contribution in [0.1, 0.15) is 13.3 Å². The van der Waals surface area contributed by atoms with E-state index in [4.69, 9.17) is 29.8 Å². The molecule has 6 N–H and O–H groups in total. The molecule has 0 aliphatic rings. The Morgan fingerprint density at radius 1 is 1.00 bits per heavy atom. The number of hydrogen-bond donors (Lipinski definition) is 6. The fourth-order valence-electron chi connectivity index (χ4n) is 1.44. The lowest BCUT2D eigenvalue weighted by Gasteiger charge is -2.40. The summed E-state index contributed by atoms with van der Waals surface area (Å²) in [6, 6.07) is 0. The van der Waals surface area contributed by atoms with Crippen LogP contribution in [-0.4, -0.2) is 53.2 Å². The Labute approximate surface area is 91.7 Å². The fourth-order valence-corrected chi connectivity index (χ4v) is 4.62. The Morgan fingerprint density at radius 3 is 1.38 bits per heavy atom. The van der Waals surface area contributed by atoms with Gasteiger partial charge in [-0.05, 0) is 6.42 Å². The van der Waals surface area contributed by atoms with Crippen molar-refractivity contribution in [3.05, 3.63) is 0 Å². The van der Waals surface area contributed by atoms with Crippen LogP contribution in [0.5, 0.6) is 0 Å². The summed E-state index contributed by atoms with van der Waals surface area (Å²) >= 11 is 0. The van der Waals surface area contributed by atoms with Gasteiger partial charge in [-0.15, -0.1) is 0 Å². The third-order valence-electron chi connectivity index (χ3n) is 2.26. The predicted molar refractivity (Wildman–Crippen MR) is 53.1 cm³/mol. The van der Waals surface area contributed by atoms with Crippen molar-refractivity contribution in [2.24, 2.45) is 0 Å². The second-order valence-corrected chi connectivity index (χ2v) is 7.05. The highest BCUT2D eigenvalue weighted by Gasteiger charge is 2.62. The normalized spacial score (nSPS) is 14.5. The zero-order valence-electron chi connectivity index (χ0n) is 8.46. The summed E-state index contributed by atoms with van der Waals surface area (Å²) in [5, 5.41) is 14.7. The van der Waals surface area contributed by atoms with E-state index in [2.05, 4.69) is 0 Å². The predicted octanol–water partition coefficient (Wildman–Crippen LogP) is -1.39. The average molecular weight is 279 g/mol. The van der Waals surface area contributed by atoms with Crippen LogP contribution >= 0.6 is 15.2 Å². The van der Waals surface area contributed by atoms with Crippen LogP contribution in [0, 0.1) is 0 Å². The summed E-state index contributed by atoms with van der Waals surface area (Å²) in [5.74, 6) is 0. The molecule has 0 amide bonds. The molecule has 0 aromatic rings. The maximum absolute atomic E-state index is 11.2. The lowest BCUT2D eigenvalue weighted by molar-refractivity contribution is -0.0101. The van der Waals surface area contributed by atoms with Gasteiger partial charge in [0.1, 0.15) is 0 Å². The zero-order chi connectivity index (χ0) is 13.2. The van der Waals surface area contributed by atoms with Crippen molar-refractivity contribution in [3.8, 4) is 0 Å². The van der Waals surface area contributed by atoms with Gasteiger partial charge in [0, 0.05) is 0 Å². The quantitative estimate of drug-likeness (QED) is 0.254. The zero-order valence-corrected chi connectivity index (χ0v) is 10.3. The summed E-state index contributed by atoms with van der Waals surface area (Å²) in [7, 11) is -10.5. The van der Waals surface area contributed by atoms with E-state index in [1.54, 1.807) is 0 Å². The van der Waals surface area contributed by atoms with Crippen molar-refractivity contribution in [1.29, 1.82) is 0 Å². The first-order valence-electron chi connectivity index (χ1n) is 4.16. The van der Waals surface area contributed by atoms with Crippen LogP contribution < -0.4 is 0 Å².